The minimum atomic E-state index is -0.435. The van der Waals surface area contributed by atoms with Crippen LogP contribution in [0.2, 0.25) is 0 Å². The Balaban J connectivity index is 1.71. The summed E-state index contributed by atoms with van der Waals surface area (Å²) in [5.74, 6) is 0.582. The standard InChI is InChI=1S/C14H16FNO/c15-12-4-2-1-3-11(12)14(17)16-13(9-5-6-9)10-7-8-10/h1-4,9-10,13H,5-8H2,(H,16,17). The molecule has 90 valence electrons. The molecule has 0 aliphatic heterocycles. The van der Waals surface area contributed by atoms with E-state index in [0.29, 0.717) is 11.8 Å². The van der Waals surface area contributed by atoms with Crippen molar-refractivity contribution in [2.24, 2.45) is 11.8 Å². The van der Waals surface area contributed by atoms with Crippen LogP contribution in [0.5, 0.6) is 0 Å². The molecule has 0 saturated heterocycles. The Morgan fingerprint density at radius 3 is 2.29 bits per heavy atom. The third kappa shape index (κ3) is 2.33. The maximum atomic E-state index is 13.5. The van der Waals surface area contributed by atoms with E-state index in [1.807, 2.05) is 0 Å². The highest BCUT2D eigenvalue weighted by atomic mass is 19.1. The van der Waals surface area contributed by atoms with E-state index in [9.17, 15) is 9.18 Å². The highest BCUT2D eigenvalue weighted by Crippen LogP contribution is 2.44. The number of hydrogen-bond acceptors (Lipinski definition) is 1. The van der Waals surface area contributed by atoms with Crippen molar-refractivity contribution in [1.82, 2.24) is 5.32 Å². The summed E-state index contributed by atoms with van der Waals surface area (Å²) in [7, 11) is 0. The summed E-state index contributed by atoms with van der Waals surface area (Å²) in [6.45, 7) is 0. The van der Waals surface area contributed by atoms with Crippen molar-refractivity contribution < 1.29 is 9.18 Å². The van der Waals surface area contributed by atoms with Gasteiger partial charge >= 0.3 is 0 Å². The molecule has 2 aliphatic carbocycles. The van der Waals surface area contributed by atoms with Gasteiger partial charge in [-0.2, -0.15) is 0 Å². The van der Waals surface area contributed by atoms with Crippen molar-refractivity contribution >= 4 is 5.91 Å². The van der Waals surface area contributed by atoms with E-state index in [0.717, 1.165) is 0 Å². The van der Waals surface area contributed by atoms with Gasteiger partial charge < -0.3 is 5.32 Å². The molecular weight excluding hydrogens is 217 g/mol. The fraction of sp³-hybridized carbons (Fsp3) is 0.500. The lowest BCUT2D eigenvalue weighted by Gasteiger charge is -2.17. The van der Waals surface area contributed by atoms with Crippen molar-refractivity contribution in [3.63, 3.8) is 0 Å². The second-order valence-electron chi connectivity index (χ2n) is 5.15. The number of nitrogens with one attached hydrogen (secondary N) is 1. The predicted molar refractivity (Wildman–Crippen MR) is 63.1 cm³/mol. The Morgan fingerprint density at radius 2 is 1.76 bits per heavy atom. The molecular formula is C14H16FNO. The van der Waals surface area contributed by atoms with Crippen LogP contribution in [0.15, 0.2) is 24.3 Å². The van der Waals surface area contributed by atoms with Crippen LogP contribution in [-0.4, -0.2) is 11.9 Å². The highest BCUT2D eigenvalue weighted by molar-refractivity contribution is 5.94. The molecule has 1 amide bonds. The van der Waals surface area contributed by atoms with Gasteiger partial charge in [0.05, 0.1) is 5.56 Å². The van der Waals surface area contributed by atoms with E-state index in [1.165, 1.54) is 31.7 Å². The lowest BCUT2D eigenvalue weighted by atomic mass is 10.1. The summed E-state index contributed by atoms with van der Waals surface area (Å²) >= 11 is 0. The van der Waals surface area contributed by atoms with Gasteiger partial charge in [0.1, 0.15) is 5.82 Å². The number of rotatable bonds is 4. The molecule has 0 spiro atoms. The Bertz CT molecular complexity index is 426. The molecule has 0 aromatic heterocycles. The number of halogens is 1. The van der Waals surface area contributed by atoms with E-state index in [1.54, 1.807) is 18.2 Å². The zero-order valence-electron chi connectivity index (χ0n) is 9.66. The van der Waals surface area contributed by atoms with Crippen LogP contribution in [0.4, 0.5) is 4.39 Å². The molecule has 3 rings (SSSR count). The number of amides is 1. The summed E-state index contributed by atoms with van der Waals surface area (Å²) < 4.78 is 13.5. The van der Waals surface area contributed by atoms with Crippen molar-refractivity contribution in [3.8, 4) is 0 Å². The maximum Gasteiger partial charge on any atom is 0.254 e. The van der Waals surface area contributed by atoms with Gasteiger partial charge in [0.15, 0.2) is 0 Å². The lowest BCUT2D eigenvalue weighted by Crippen LogP contribution is -2.38. The summed E-state index contributed by atoms with van der Waals surface area (Å²) in [6, 6.07) is 6.45. The first-order valence-corrected chi connectivity index (χ1v) is 6.31. The molecule has 2 nitrogen and oxygen atoms in total. The van der Waals surface area contributed by atoms with Gasteiger partial charge in [0.2, 0.25) is 0 Å². The van der Waals surface area contributed by atoms with Gasteiger partial charge in [-0.3, -0.25) is 4.79 Å². The van der Waals surface area contributed by atoms with Crippen molar-refractivity contribution in [1.29, 1.82) is 0 Å². The minimum Gasteiger partial charge on any atom is -0.349 e. The predicted octanol–water partition coefficient (Wildman–Crippen LogP) is 2.74. The molecule has 0 heterocycles. The van der Waals surface area contributed by atoms with Crippen molar-refractivity contribution in [2.45, 2.75) is 31.7 Å². The first-order chi connectivity index (χ1) is 8.25. The Hall–Kier alpha value is -1.38. The topological polar surface area (TPSA) is 29.1 Å². The molecule has 17 heavy (non-hydrogen) atoms. The average molecular weight is 233 g/mol. The van der Waals surface area contributed by atoms with E-state index in [2.05, 4.69) is 5.32 Å². The largest absolute Gasteiger partial charge is 0.349 e. The van der Waals surface area contributed by atoms with Crippen LogP contribution in [0.25, 0.3) is 0 Å². The van der Waals surface area contributed by atoms with Gasteiger partial charge in [-0.05, 0) is 49.7 Å². The van der Waals surface area contributed by atoms with Gasteiger partial charge in [-0.1, -0.05) is 12.1 Å². The van der Waals surface area contributed by atoms with Crippen LogP contribution < -0.4 is 5.32 Å². The van der Waals surface area contributed by atoms with E-state index in [4.69, 9.17) is 0 Å². The first-order valence-electron chi connectivity index (χ1n) is 6.31. The molecule has 0 atom stereocenters. The molecule has 1 N–H and O–H groups in total. The minimum absolute atomic E-state index is 0.166. The Kier molecular flexibility index (Phi) is 2.61. The first kappa shape index (κ1) is 10.8. The Morgan fingerprint density at radius 1 is 1.18 bits per heavy atom. The monoisotopic (exact) mass is 233 g/mol. The highest BCUT2D eigenvalue weighted by Gasteiger charge is 2.42. The van der Waals surface area contributed by atoms with Gasteiger partial charge in [-0.25, -0.2) is 4.39 Å². The molecule has 3 heteroatoms. The SMILES string of the molecule is O=C(NC(C1CC1)C1CC1)c1ccccc1F. The summed E-state index contributed by atoms with van der Waals surface area (Å²) in [4.78, 5) is 12.0. The third-order valence-corrected chi connectivity index (χ3v) is 3.68. The normalized spacial score (nSPS) is 19.4. The van der Waals surface area contributed by atoms with Crippen LogP contribution in [0.1, 0.15) is 36.0 Å². The summed E-state index contributed by atoms with van der Waals surface area (Å²) in [5, 5.41) is 3.02. The molecule has 0 bridgehead atoms. The quantitative estimate of drug-likeness (QED) is 0.851. The van der Waals surface area contributed by atoms with Crippen LogP contribution >= 0.6 is 0 Å². The molecule has 1 aromatic rings. The van der Waals surface area contributed by atoms with Crippen LogP contribution in [-0.2, 0) is 0 Å². The van der Waals surface area contributed by atoms with Crippen molar-refractivity contribution in [3.05, 3.63) is 35.6 Å². The molecule has 0 unspecified atom stereocenters. The molecule has 1 aromatic carbocycles. The van der Waals surface area contributed by atoms with Gasteiger partial charge in [-0.15, -0.1) is 0 Å². The second kappa shape index (κ2) is 4.13. The molecule has 2 aliphatic rings. The number of benzene rings is 1. The van der Waals surface area contributed by atoms with E-state index in [-0.39, 0.29) is 17.5 Å². The van der Waals surface area contributed by atoms with E-state index < -0.39 is 5.82 Å². The fourth-order valence-electron chi connectivity index (χ4n) is 2.41. The van der Waals surface area contributed by atoms with Gasteiger partial charge in [0.25, 0.3) is 5.91 Å². The fourth-order valence-corrected chi connectivity index (χ4v) is 2.41. The number of carbonyl (C=O) groups excluding carboxylic acids is 1. The summed E-state index contributed by atoms with van der Waals surface area (Å²) in [5.41, 5.74) is 0.166. The second-order valence-corrected chi connectivity index (χ2v) is 5.15. The van der Waals surface area contributed by atoms with Gasteiger partial charge in [0, 0.05) is 6.04 Å². The zero-order valence-corrected chi connectivity index (χ0v) is 9.66. The molecule has 0 radical (unpaired) electrons. The van der Waals surface area contributed by atoms with Crippen molar-refractivity contribution in [2.75, 3.05) is 0 Å². The zero-order chi connectivity index (χ0) is 11.8. The maximum absolute atomic E-state index is 13.5. The van der Waals surface area contributed by atoms with Crippen LogP contribution in [0, 0.1) is 17.7 Å². The molecule has 2 saturated carbocycles. The lowest BCUT2D eigenvalue weighted by molar-refractivity contribution is 0.0922. The summed E-state index contributed by atoms with van der Waals surface area (Å²) in [6.07, 6.45) is 4.83. The van der Waals surface area contributed by atoms with E-state index >= 15 is 0 Å². The van der Waals surface area contributed by atoms with Crippen LogP contribution in [0.3, 0.4) is 0 Å². The third-order valence-electron chi connectivity index (χ3n) is 3.68. The number of carbonyl (C=O) groups is 1. The Labute approximate surface area is 100 Å². The molecule has 2 fully saturated rings. The average Bonchev–Trinajstić information content (AvgIpc) is 3.16. The number of hydrogen-bond donors (Lipinski definition) is 1. The smallest absolute Gasteiger partial charge is 0.254 e.